The van der Waals surface area contributed by atoms with Gasteiger partial charge >= 0.3 is 0 Å². The van der Waals surface area contributed by atoms with Gasteiger partial charge in [-0.05, 0) is 25.7 Å². The summed E-state index contributed by atoms with van der Waals surface area (Å²) in [5, 5.41) is 0. The van der Waals surface area contributed by atoms with E-state index in [1.807, 2.05) is 0 Å². The van der Waals surface area contributed by atoms with E-state index < -0.39 is 0 Å². The molecule has 1 radical (unpaired) electrons. The van der Waals surface area contributed by atoms with Gasteiger partial charge in [-0.3, -0.25) is 0 Å². The SMILES string of the molecule is [CH2]C(N)(CC)CC(C)C. The van der Waals surface area contributed by atoms with E-state index in [-0.39, 0.29) is 5.54 Å². The van der Waals surface area contributed by atoms with E-state index in [1.165, 1.54) is 0 Å². The summed E-state index contributed by atoms with van der Waals surface area (Å²) in [6, 6.07) is 0. The molecule has 1 atom stereocenters. The van der Waals surface area contributed by atoms with Crippen molar-refractivity contribution in [3.05, 3.63) is 6.92 Å². The fraction of sp³-hybridized carbons (Fsp3) is 0.875. The van der Waals surface area contributed by atoms with Gasteiger partial charge < -0.3 is 5.73 Å². The Morgan fingerprint density at radius 2 is 2.00 bits per heavy atom. The Kier molecular flexibility index (Phi) is 3.20. The van der Waals surface area contributed by atoms with Crippen LogP contribution in [-0.2, 0) is 0 Å². The summed E-state index contributed by atoms with van der Waals surface area (Å²) < 4.78 is 0. The fourth-order valence-corrected chi connectivity index (χ4v) is 0.957. The van der Waals surface area contributed by atoms with E-state index in [0.29, 0.717) is 5.92 Å². The molecule has 1 heteroatoms. The Morgan fingerprint density at radius 1 is 1.56 bits per heavy atom. The zero-order valence-corrected chi connectivity index (χ0v) is 6.78. The lowest BCUT2D eigenvalue weighted by Crippen LogP contribution is -2.36. The summed E-state index contributed by atoms with van der Waals surface area (Å²) in [6.45, 7) is 10.3. The van der Waals surface area contributed by atoms with E-state index >= 15 is 0 Å². The van der Waals surface area contributed by atoms with Crippen LogP contribution in [0.15, 0.2) is 0 Å². The second kappa shape index (κ2) is 3.21. The predicted molar refractivity (Wildman–Crippen MR) is 42.0 cm³/mol. The highest BCUT2D eigenvalue weighted by molar-refractivity contribution is 4.85. The van der Waals surface area contributed by atoms with Crippen molar-refractivity contribution in [3.63, 3.8) is 0 Å². The first-order valence-electron chi connectivity index (χ1n) is 3.62. The average molecular weight is 128 g/mol. The summed E-state index contributed by atoms with van der Waals surface area (Å²) in [5.74, 6) is 0.660. The molecule has 1 nitrogen and oxygen atoms in total. The van der Waals surface area contributed by atoms with Crippen LogP contribution in [-0.4, -0.2) is 5.54 Å². The van der Waals surface area contributed by atoms with Crippen molar-refractivity contribution in [2.24, 2.45) is 11.7 Å². The Hall–Kier alpha value is -0.0400. The maximum atomic E-state index is 5.81. The van der Waals surface area contributed by atoms with Gasteiger partial charge in [0.25, 0.3) is 0 Å². The van der Waals surface area contributed by atoms with Crippen molar-refractivity contribution in [1.29, 1.82) is 0 Å². The number of nitrogens with two attached hydrogens (primary N) is 1. The van der Waals surface area contributed by atoms with Gasteiger partial charge in [0, 0.05) is 5.54 Å². The third kappa shape index (κ3) is 4.46. The van der Waals surface area contributed by atoms with Crippen LogP contribution in [0.4, 0.5) is 0 Å². The van der Waals surface area contributed by atoms with E-state index in [4.69, 9.17) is 5.73 Å². The summed E-state index contributed by atoms with van der Waals surface area (Å²) in [7, 11) is 0. The largest absolute Gasteiger partial charge is 0.325 e. The minimum absolute atomic E-state index is 0.186. The molecule has 55 valence electrons. The second-order valence-corrected chi connectivity index (χ2v) is 3.31. The van der Waals surface area contributed by atoms with Crippen LogP contribution in [0.3, 0.4) is 0 Å². The van der Waals surface area contributed by atoms with Gasteiger partial charge in [0.1, 0.15) is 0 Å². The highest BCUT2D eigenvalue weighted by Crippen LogP contribution is 2.15. The smallest absolute Gasteiger partial charge is 0.0154 e. The molecule has 0 saturated carbocycles. The van der Waals surface area contributed by atoms with Crippen molar-refractivity contribution in [1.82, 2.24) is 0 Å². The molecular formula is C8H18N. The normalized spacial score (nSPS) is 18.0. The molecule has 0 amide bonds. The maximum Gasteiger partial charge on any atom is 0.0154 e. The lowest BCUT2D eigenvalue weighted by atomic mass is 9.90. The van der Waals surface area contributed by atoms with Crippen molar-refractivity contribution in [3.8, 4) is 0 Å². The van der Waals surface area contributed by atoms with Crippen LogP contribution in [0, 0.1) is 12.8 Å². The van der Waals surface area contributed by atoms with Crippen LogP contribution < -0.4 is 5.73 Å². The lowest BCUT2D eigenvalue weighted by Gasteiger charge is -2.24. The molecular weight excluding hydrogens is 110 g/mol. The molecule has 9 heavy (non-hydrogen) atoms. The molecule has 0 bridgehead atoms. The van der Waals surface area contributed by atoms with Crippen molar-refractivity contribution >= 4 is 0 Å². The van der Waals surface area contributed by atoms with E-state index in [2.05, 4.69) is 27.7 Å². The highest BCUT2D eigenvalue weighted by Gasteiger charge is 2.16. The Labute approximate surface area is 58.6 Å². The highest BCUT2D eigenvalue weighted by atomic mass is 14.7. The predicted octanol–water partition coefficient (Wildman–Crippen LogP) is 1.97. The Morgan fingerprint density at radius 3 is 2.11 bits per heavy atom. The molecule has 0 aliphatic heterocycles. The van der Waals surface area contributed by atoms with Crippen molar-refractivity contribution in [2.45, 2.75) is 39.2 Å². The first-order valence-corrected chi connectivity index (χ1v) is 3.62. The second-order valence-electron chi connectivity index (χ2n) is 3.31. The van der Waals surface area contributed by atoms with Gasteiger partial charge in [-0.2, -0.15) is 0 Å². The standard InChI is InChI=1S/C8H18N/c1-5-8(4,9)6-7(2)3/h7H,4-6,9H2,1-3H3. The van der Waals surface area contributed by atoms with Gasteiger partial charge in [0.2, 0.25) is 0 Å². The number of rotatable bonds is 3. The number of hydrogen-bond donors (Lipinski definition) is 1. The first kappa shape index (κ1) is 8.96. The molecule has 0 aromatic rings. The molecule has 0 fully saturated rings. The van der Waals surface area contributed by atoms with E-state index in [9.17, 15) is 0 Å². The van der Waals surface area contributed by atoms with Crippen molar-refractivity contribution in [2.75, 3.05) is 0 Å². The molecule has 1 unspecified atom stereocenters. The van der Waals surface area contributed by atoms with E-state index in [0.717, 1.165) is 12.8 Å². The fourth-order valence-electron chi connectivity index (χ4n) is 0.957. The molecule has 0 rings (SSSR count). The molecule has 0 aromatic heterocycles. The van der Waals surface area contributed by atoms with Crippen molar-refractivity contribution < 1.29 is 0 Å². The third-order valence-corrected chi connectivity index (χ3v) is 1.52. The molecule has 0 spiro atoms. The maximum absolute atomic E-state index is 5.81. The lowest BCUT2D eigenvalue weighted by molar-refractivity contribution is 0.396. The molecule has 0 aliphatic carbocycles. The zero-order chi connectivity index (χ0) is 7.49. The quantitative estimate of drug-likeness (QED) is 0.618. The molecule has 0 aromatic carbocycles. The monoisotopic (exact) mass is 128 g/mol. The zero-order valence-electron chi connectivity index (χ0n) is 6.78. The van der Waals surface area contributed by atoms with Gasteiger partial charge in [-0.15, -0.1) is 0 Å². The van der Waals surface area contributed by atoms with E-state index in [1.54, 1.807) is 0 Å². The average Bonchev–Trinajstić information content (AvgIpc) is 1.63. The Bertz CT molecular complexity index is 74.6. The molecule has 0 saturated heterocycles. The van der Waals surface area contributed by atoms with Crippen LogP contribution in [0.25, 0.3) is 0 Å². The van der Waals surface area contributed by atoms with Gasteiger partial charge in [0.05, 0.1) is 0 Å². The molecule has 0 aliphatic rings. The van der Waals surface area contributed by atoms with Gasteiger partial charge in [0.15, 0.2) is 0 Å². The topological polar surface area (TPSA) is 26.0 Å². The van der Waals surface area contributed by atoms with Crippen LogP contribution in [0.5, 0.6) is 0 Å². The van der Waals surface area contributed by atoms with Crippen LogP contribution in [0.2, 0.25) is 0 Å². The first-order chi connectivity index (χ1) is 3.98. The van der Waals surface area contributed by atoms with Gasteiger partial charge in [-0.1, -0.05) is 20.8 Å². The van der Waals surface area contributed by atoms with Gasteiger partial charge in [-0.25, -0.2) is 0 Å². The number of hydrogen-bond acceptors (Lipinski definition) is 1. The summed E-state index contributed by atoms with van der Waals surface area (Å²) in [6.07, 6.45) is 1.98. The summed E-state index contributed by atoms with van der Waals surface area (Å²) in [5.41, 5.74) is 5.62. The third-order valence-electron chi connectivity index (χ3n) is 1.52. The van der Waals surface area contributed by atoms with Crippen LogP contribution >= 0.6 is 0 Å². The minimum atomic E-state index is -0.186. The summed E-state index contributed by atoms with van der Waals surface area (Å²) in [4.78, 5) is 0. The minimum Gasteiger partial charge on any atom is -0.325 e. The Balaban J connectivity index is 3.58. The van der Waals surface area contributed by atoms with Crippen LogP contribution in [0.1, 0.15) is 33.6 Å². The molecule has 2 N–H and O–H groups in total. The molecule has 0 heterocycles. The summed E-state index contributed by atoms with van der Waals surface area (Å²) >= 11 is 0.